The van der Waals surface area contributed by atoms with Crippen LogP contribution in [0, 0.1) is 5.92 Å². The Morgan fingerprint density at radius 2 is 1.84 bits per heavy atom. The van der Waals surface area contributed by atoms with Crippen molar-refractivity contribution in [1.82, 2.24) is 16.0 Å². The van der Waals surface area contributed by atoms with Crippen molar-refractivity contribution >= 4 is 11.8 Å². The third-order valence-corrected chi connectivity index (χ3v) is 5.36. The highest BCUT2D eigenvalue weighted by molar-refractivity contribution is 5.84. The summed E-state index contributed by atoms with van der Waals surface area (Å²) in [5.74, 6) is 0.379. The summed E-state index contributed by atoms with van der Waals surface area (Å²) in [4.78, 5) is 24.0. The van der Waals surface area contributed by atoms with Crippen LogP contribution in [0.2, 0.25) is 0 Å². The summed E-state index contributed by atoms with van der Waals surface area (Å²) in [5.41, 5.74) is 2.61. The van der Waals surface area contributed by atoms with Gasteiger partial charge in [0, 0.05) is 19.0 Å². The van der Waals surface area contributed by atoms with E-state index in [1.807, 2.05) is 6.07 Å². The van der Waals surface area contributed by atoms with Crippen molar-refractivity contribution in [2.45, 2.75) is 51.0 Å². The minimum atomic E-state index is -0.123. The Hall–Kier alpha value is -1.88. The van der Waals surface area contributed by atoms with E-state index in [-0.39, 0.29) is 24.4 Å². The first-order valence-corrected chi connectivity index (χ1v) is 9.57. The second kappa shape index (κ2) is 8.99. The highest BCUT2D eigenvalue weighted by Crippen LogP contribution is 2.26. The molecule has 2 amide bonds. The van der Waals surface area contributed by atoms with E-state index in [1.54, 1.807) is 0 Å². The summed E-state index contributed by atoms with van der Waals surface area (Å²) in [6.07, 6.45) is 7.63. The van der Waals surface area contributed by atoms with Gasteiger partial charge in [-0.15, -0.1) is 0 Å². The van der Waals surface area contributed by atoms with Gasteiger partial charge in [0.2, 0.25) is 11.8 Å². The zero-order valence-corrected chi connectivity index (χ0v) is 14.9. The predicted octanol–water partition coefficient (Wildman–Crippen LogP) is 2.08. The largest absolute Gasteiger partial charge is 0.353 e. The van der Waals surface area contributed by atoms with Gasteiger partial charge >= 0.3 is 0 Å². The van der Waals surface area contributed by atoms with Gasteiger partial charge in [0.25, 0.3) is 0 Å². The average Bonchev–Trinajstić information content (AvgIpc) is 2.65. The van der Waals surface area contributed by atoms with Crippen LogP contribution in [0.25, 0.3) is 0 Å². The summed E-state index contributed by atoms with van der Waals surface area (Å²) in [7, 11) is 0. The predicted molar refractivity (Wildman–Crippen MR) is 98.1 cm³/mol. The minimum absolute atomic E-state index is 0.00295. The van der Waals surface area contributed by atoms with Crippen LogP contribution >= 0.6 is 0 Å². The molecule has 1 aliphatic heterocycles. The van der Waals surface area contributed by atoms with Crippen molar-refractivity contribution in [2.24, 2.45) is 5.92 Å². The van der Waals surface area contributed by atoms with Crippen molar-refractivity contribution in [3.63, 3.8) is 0 Å². The normalized spacial score (nSPS) is 20.6. The highest BCUT2D eigenvalue weighted by atomic mass is 16.2. The topological polar surface area (TPSA) is 70.2 Å². The number of carbonyl (C=O) groups is 2. The summed E-state index contributed by atoms with van der Waals surface area (Å²) in [6, 6.07) is 8.50. The molecule has 1 aromatic rings. The lowest BCUT2D eigenvalue weighted by atomic mass is 9.87. The monoisotopic (exact) mass is 343 g/mol. The van der Waals surface area contributed by atoms with E-state index in [1.165, 1.54) is 30.4 Å². The molecule has 0 bridgehead atoms. The maximum Gasteiger partial charge on any atom is 0.239 e. The van der Waals surface area contributed by atoms with E-state index in [0.717, 1.165) is 25.8 Å². The van der Waals surface area contributed by atoms with E-state index >= 15 is 0 Å². The molecule has 25 heavy (non-hydrogen) atoms. The fourth-order valence-corrected chi connectivity index (χ4v) is 3.96. The fourth-order valence-electron chi connectivity index (χ4n) is 3.96. The third kappa shape index (κ3) is 5.30. The SMILES string of the molecule is O=C(CNC(=O)CC1CCCCC1)NCC1NCCc2ccccc21. The van der Waals surface area contributed by atoms with Gasteiger partial charge in [-0.25, -0.2) is 0 Å². The van der Waals surface area contributed by atoms with Gasteiger partial charge in [0.1, 0.15) is 0 Å². The lowest BCUT2D eigenvalue weighted by Gasteiger charge is -2.27. The lowest BCUT2D eigenvalue weighted by molar-refractivity contribution is -0.126. The van der Waals surface area contributed by atoms with Gasteiger partial charge in [-0.2, -0.15) is 0 Å². The second-order valence-corrected chi connectivity index (χ2v) is 7.24. The number of amides is 2. The van der Waals surface area contributed by atoms with Gasteiger partial charge in [0.05, 0.1) is 6.54 Å². The van der Waals surface area contributed by atoms with Crippen molar-refractivity contribution in [1.29, 1.82) is 0 Å². The summed E-state index contributed by atoms with van der Waals surface area (Å²) < 4.78 is 0. The highest BCUT2D eigenvalue weighted by Gasteiger charge is 2.20. The van der Waals surface area contributed by atoms with Crippen LogP contribution < -0.4 is 16.0 Å². The zero-order chi connectivity index (χ0) is 17.5. The Labute approximate surface area is 150 Å². The molecule has 3 N–H and O–H groups in total. The molecule has 5 heteroatoms. The third-order valence-electron chi connectivity index (χ3n) is 5.36. The summed E-state index contributed by atoms with van der Waals surface area (Å²) >= 11 is 0. The van der Waals surface area contributed by atoms with E-state index in [0.29, 0.717) is 18.9 Å². The van der Waals surface area contributed by atoms with Crippen molar-refractivity contribution < 1.29 is 9.59 Å². The number of carbonyl (C=O) groups excluding carboxylic acids is 2. The molecule has 1 saturated carbocycles. The number of hydrogen-bond acceptors (Lipinski definition) is 3. The molecule has 5 nitrogen and oxygen atoms in total. The number of fused-ring (bicyclic) bond motifs is 1. The second-order valence-electron chi connectivity index (χ2n) is 7.24. The summed E-state index contributed by atoms with van der Waals surface area (Å²) in [6.45, 7) is 1.55. The smallest absolute Gasteiger partial charge is 0.239 e. The molecule has 3 rings (SSSR count). The minimum Gasteiger partial charge on any atom is -0.353 e. The van der Waals surface area contributed by atoms with Gasteiger partial charge in [-0.3, -0.25) is 9.59 Å². The van der Waals surface area contributed by atoms with E-state index in [9.17, 15) is 9.59 Å². The molecule has 1 unspecified atom stereocenters. The van der Waals surface area contributed by atoms with Gasteiger partial charge in [0.15, 0.2) is 0 Å². The molecule has 2 aliphatic rings. The van der Waals surface area contributed by atoms with Crippen LogP contribution in [0.1, 0.15) is 55.7 Å². The van der Waals surface area contributed by atoms with Crippen LogP contribution in [-0.2, 0) is 16.0 Å². The molecule has 1 heterocycles. The molecular formula is C20H29N3O2. The standard InChI is InChI=1S/C20H29N3O2/c24-19(12-15-6-2-1-3-7-15)23-14-20(25)22-13-18-17-9-5-4-8-16(17)10-11-21-18/h4-5,8-9,15,18,21H,1-3,6-7,10-14H2,(H,22,25)(H,23,24). The van der Waals surface area contributed by atoms with E-state index in [2.05, 4.69) is 34.1 Å². The maximum atomic E-state index is 12.0. The Bertz CT molecular complexity index is 596. The molecule has 0 saturated heterocycles. The molecule has 1 atom stereocenters. The molecule has 0 spiro atoms. The molecule has 0 radical (unpaired) electrons. The Morgan fingerprint density at radius 3 is 2.68 bits per heavy atom. The molecule has 136 valence electrons. The van der Waals surface area contributed by atoms with Crippen LogP contribution in [-0.4, -0.2) is 31.4 Å². The molecular weight excluding hydrogens is 314 g/mol. The van der Waals surface area contributed by atoms with Crippen molar-refractivity contribution in [3.05, 3.63) is 35.4 Å². The molecule has 0 aromatic heterocycles. The first-order valence-electron chi connectivity index (χ1n) is 9.57. The van der Waals surface area contributed by atoms with E-state index < -0.39 is 0 Å². The first-order chi connectivity index (χ1) is 12.2. The number of rotatable bonds is 6. The van der Waals surface area contributed by atoms with Crippen molar-refractivity contribution in [2.75, 3.05) is 19.6 Å². The van der Waals surface area contributed by atoms with Crippen LogP contribution in [0.15, 0.2) is 24.3 Å². The number of benzene rings is 1. The summed E-state index contributed by atoms with van der Waals surface area (Å²) in [5, 5.41) is 9.15. The zero-order valence-electron chi connectivity index (χ0n) is 14.9. The number of hydrogen-bond donors (Lipinski definition) is 3. The average molecular weight is 343 g/mol. The Morgan fingerprint density at radius 1 is 1.04 bits per heavy atom. The Balaban J connectivity index is 1.38. The van der Waals surface area contributed by atoms with Crippen LogP contribution in [0.4, 0.5) is 0 Å². The molecule has 1 aromatic carbocycles. The molecule has 1 aliphatic carbocycles. The van der Waals surface area contributed by atoms with Gasteiger partial charge in [-0.1, -0.05) is 43.5 Å². The van der Waals surface area contributed by atoms with Gasteiger partial charge in [-0.05, 0) is 42.9 Å². The molecule has 1 fully saturated rings. The quantitative estimate of drug-likeness (QED) is 0.741. The van der Waals surface area contributed by atoms with Crippen LogP contribution in [0.5, 0.6) is 0 Å². The maximum absolute atomic E-state index is 12.0. The van der Waals surface area contributed by atoms with Crippen molar-refractivity contribution in [3.8, 4) is 0 Å². The van der Waals surface area contributed by atoms with E-state index in [4.69, 9.17) is 0 Å². The number of nitrogens with one attached hydrogen (secondary N) is 3. The van der Waals surface area contributed by atoms with Gasteiger partial charge < -0.3 is 16.0 Å². The fraction of sp³-hybridized carbons (Fsp3) is 0.600. The lowest BCUT2D eigenvalue weighted by Crippen LogP contribution is -2.42. The Kier molecular flexibility index (Phi) is 6.45. The van der Waals surface area contributed by atoms with Crippen LogP contribution in [0.3, 0.4) is 0 Å². The first kappa shape index (κ1) is 17.9.